The smallest absolute Gasteiger partial charge is 0.273 e. The summed E-state index contributed by atoms with van der Waals surface area (Å²) in [7, 11) is -3.02. The first kappa shape index (κ1) is 18.4. The lowest BCUT2D eigenvalue weighted by Gasteiger charge is -2.11. The van der Waals surface area contributed by atoms with Crippen molar-refractivity contribution in [2.45, 2.75) is 26.3 Å². The SMILES string of the molecule is Cc1nn(C2CCS(=O)(=O)C2)c(C)c1NC(=O)c1cc(-c2ccccn2)n[nH]1. The number of pyridine rings is 1. The Balaban J connectivity index is 1.55. The highest BCUT2D eigenvalue weighted by Gasteiger charge is 2.31. The highest BCUT2D eigenvalue weighted by atomic mass is 32.2. The fraction of sp³-hybridized carbons (Fsp3) is 0.333. The number of hydrogen-bond acceptors (Lipinski definition) is 6. The summed E-state index contributed by atoms with van der Waals surface area (Å²) in [5.41, 5.74) is 3.50. The number of amides is 1. The second-order valence-corrected chi connectivity index (χ2v) is 9.11. The highest BCUT2D eigenvalue weighted by molar-refractivity contribution is 7.91. The van der Waals surface area contributed by atoms with Gasteiger partial charge in [0.15, 0.2) is 9.84 Å². The molecule has 3 aromatic rings. The third-order valence-corrected chi connectivity index (χ3v) is 6.62. The molecule has 0 bridgehead atoms. The standard InChI is InChI=1S/C18H20N6O3S/c1-11-17(12(2)24(23-11)13-6-8-28(26,27)10-13)20-18(25)16-9-15(21-22-16)14-5-3-4-7-19-14/h3-5,7,9,13H,6,8,10H2,1-2H3,(H,20,25)(H,21,22). The van der Waals surface area contributed by atoms with Gasteiger partial charge in [0.25, 0.3) is 5.91 Å². The average molecular weight is 400 g/mol. The van der Waals surface area contributed by atoms with E-state index in [-0.39, 0.29) is 23.5 Å². The number of nitrogens with zero attached hydrogens (tertiary/aromatic N) is 4. The van der Waals surface area contributed by atoms with Gasteiger partial charge in [-0.2, -0.15) is 10.2 Å². The van der Waals surface area contributed by atoms with Gasteiger partial charge in [0.2, 0.25) is 0 Å². The minimum atomic E-state index is -3.02. The number of carbonyl (C=O) groups is 1. The Morgan fingerprint density at radius 2 is 2.11 bits per heavy atom. The lowest BCUT2D eigenvalue weighted by atomic mass is 10.2. The van der Waals surface area contributed by atoms with E-state index in [9.17, 15) is 13.2 Å². The summed E-state index contributed by atoms with van der Waals surface area (Å²) in [5, 5.41) is 14.2. The van der Waals surface area contributed by atoms with Crippen LogP contribution in [0.25, 0.3) is 11.4 Å². The molecule has 1 atom stereocenters. The molecule has 1 fully saturated rings. The molecular formula is C18H20N6O3S. The summed E-state index contributed by atoms with van der Waals surface area (Å²) in [4.78, 5) is 16.9. The molecule has 1 saturated heterocycles. The Bertz CT molecular complexity index is 1130. The zero-order chi connectivity index (χ0) is 19.9. The predicted molar refractivity (Wildman–Crippen MR) is 104 cm³/mol. The number of hydrogen-bond donors (Lipinski definition) is 2. The monoisotopic (exact) mass is 400 g/mol. The molecule has 0 radical (unpaired) electrons. The zero-order valence-corrected chi connectivity index (χ0v) is 16.3. The highest BCUT2D eigenvalue weighted by Crippen LogP contribution is 2.29. The molecule has 0 aliphatic carbocycles. The number of rotatable bonds is 4. The van der Waals surface area contributed by atoms with E-state index in [4.69, 9.17) is 0 Å². The zero-order valence-electron chi connectivity index (χ0n) is 15.5. The van der Waals surface area contributed by atoms with E-state index in [1.54, 1.807) is 23.9 Å². The first-order chi connectivity index (χ1) is 13.3. The number of sulfone groups is 1. The first-order valence-corrected chi connectivity index (χ1v) is 10.7. The molecule has 1 aliphatic rings. The molecule has 3 aromatic heterocycles. The maximum atomic E-state index is 12.7. The van der Waals surface area contributed by atoms with Gasteiger partial charge in [0, 0.05) is 6.20 Å². The van der Waals surface area contributed by atoms with Crippen LogP contribution in [0.2, 0.25) is 0 Å². The van der Waals surface area contributed by atoms with E-state index in [1.165, 1.54) is 0 Å². The number of aryl methyl sites for hydroxylation is 1. The summed E-state index contributed by atoms with van der Waals surface area (Å²) < 4.78 is 25.3. The van der Waals surface area contributed by atoms with Crippen LogP contribution in [-0.2, 0) is 9.84 Å². The molecule has 9 nitrogen and oxygen atoms in total. The number of H-pyrrole nitrogens is 1. The molecule has 4 rings (SSSR count). The summed E-state index contributed by atoms with van der Waals surface area (Å²) in [6, 6.07) is 6.91. The number of carbonyl (C=O) groups excluding carboxylic acids is 1. The van der Waals surface area contributed by atoms with Crippen LogP contribution in [0, 0.1) is 13.8 Å². The topological polar surface area (TPSA) is 123 Å². The number of anilines is 1. The van der Waals surface area contributed by atoms with Crippen LogP contribution < -0.4 is 5.32 Å². The van der Waals surface area contributed by atoms with Crippen LogP contribution in [0.5, 0.6) is 0 Å². The fourth-order valence-electron chi connectivity index (χ4n) is 3.43. The van der Waals surface area contributed by atoms with Crippen molar-refractivity contribution < 1.29 is 13.2 Å². The van der Waals surface area contributed by atoms with Crippen molar-refractivity contribution in [3.8, 4) is 11.4 Å². The molecule has 1 aliphatic heterocycles. The van der Waals surface area contributed by atoms with E-state index in [0.29, 0.717) is 34.9 Å². The summed E-state index contributed by atoms with van der Waals surface area (Å²) in [6.45, 7) is 3.61. The molecule has 4 heterocycles. The van der Waals surface area contributed by atoms with Gasteiger partial charge in [-0.25, -0.2) is 8.42 Å². The van der Waals surface area contributed by atoms with Crippen LogP contribution in [0.4, 0.5) is 5.69 Å². The van der Waals surface area contributed by atoms with Crippen molar-refractivity contribution in [2.24, 2.45) is 0 Å². The maximum Gasteiger partial charge on any atom is 0.273 e. The van der Waals surface area contributed by atoms with Crippen molar-refractivity contribution in [3.05, 3.63) is 47.5 Å². The van der Waals surface area contributed by atoms with Crippen LogP contribution >= 0.6 is 0 Å². The maximum absolute atomic E-state index is 12.7. The molecule has 1 amide bonds. The minimum Gasteiger partial charge on any atom is -0.318 e. The molecule has 146 valence electrons. The quantitative estimate of drug-likeness (QED) is 0.689. The Kier molecular flexibility index (Phi) is 4.50. The summed E-state index contributed by atoms with van der Waals surface area (Å²) >= 11 is 0. The van der Waals surface area contributed by atoms with E-state index in [2.05, 4.69) is 25.6 Å². The molecule has 10 heteroatoms. The van der Waals surface area contributed by atoms with Crippen LogP contribution in [0.3, 0.4) is 0 Å². The molecular weight excluding hydrogens is 380 g/mol. The van der Waals surface area contributed by atoms with Crippen molar-refractivity contribution in [2.75, 3.05) is 16.8 Å². The lowest BCUT2D eigenvalue weighted by molar-refractivity contribution is 0.102. The van der Waals surface area contributed by atoms with E-state index >= 15 is 0 Å². The van der Waals surface area contributed by atoms with Gasteiger partial charge < -0.3 is 5.32 Å². The van der Waals surface area contributed by atoms with Crippen molar-refractivity contribution in [1.82, 2.24) is 25.0 Å². The number of nitrogens with one attached hydrogen (secondary N) is 2. The van der Waals surface area contributed by atoms with E-state index < -0.39 is 9.84 Å². The second-order valence-electron chi connectivity index (χ2n) is 6.88. The number of aromatic nitrogens is 5. The van der Waals surface area contributed by atoms with Crippen molar-refractivity contribution >= 4 is 21.4 Å². The second kappa shape index (κ2) is 6.86. The molecule has 2 N–H and O–H groups in total. The first-order valence-electron chi connectivity index (χ1n) is 8.88. The third-order valence-electron chi connectivity index (χ3n) is 4.87. The Hall–Kier alpha value is -3.01. The van der Waals surface area contributed by atoms with E-state index in [1.807, 2.05) is 25.1 Å². The van der Waals surface area contributed by atoms with Gasteiger partial charge in [0.05, 0.1) is 40.3 Å². The van der Waals surface area contributed by atoms with Gasteiger partial charge in [-0.05, 0) is 38.5 Å². The van der Waals surface area contributed by atoms with Gasteiger partial charge in [-0.1, -0.05) is 6.07 Å². The Labute approximate surface area is 162 Å². The van der Waals surface area contributed by atoms with Crippen LogP contribution in [0.15, 0.2) is 30.5 Å². The Morgan fingerprint density at radius 3 is 2.79 bits per heavy atom. The molecule has 0 saturated carbocycles. The summed E-state index contributed by atoms with van der Waals surface area (Å²) in [5.74, 6) is -0.0992. The molecule has 1 unspecified atom stereocenters. The van der Waals surface area contributed by atoms with Crippen molar-refractivity contribution in [1.29, 1.82) is 0 Å². The number of aromatic amines is 1. The Morgan fingerprint density at radius 1 is 1.29 bits per heavy atom. The molecule has 0 aromatic carbocycles. The lowest BCUT2D eigenvalue weighted by Crippen LogP contribution is -2.16. The van der Waals surface area contributed by atoms with Gasteiger partial charge in [0.1, 0.15) is 11.4 Å². The minimum absolute atomic E-state index is 0.0797. The third kappa shape index (κ3) is 3.42. The largest absolute Gasteiger partial charge is 0.318 e. The predicted octanol–water partition coefficient (Wildman–Crippen LogP) is 1.90. The molecule has 0 spiro atoms. The van der Waals surface area contributed by atoms with Gasteiger partial charge in [-0.15, -0.1) is 0 Å². The normalized spacial score (nSPS) is 18.3. The fourth-order valence-corrected chi connectivity index (χ4v) is 5.12. The van der Waals surface area contributed by atoms with Gasteiger partial charge in [-0.3, -0.25) is 19.6 Å². The van der Waals surface area contributed by atoms with Crippen LogP contribution in [0.1, 0.15) is 34.3 Å². The average Bonchev–Trinajstić information content (AvgIpc) is 3.36. The van der Waals surface area contributed by atoms with Gasteiger partial charge >= 0.3 is 0 Å². The van der Waals surface area contributed by atoms with E-state index in [0.717, 1.165) is 5.69 Å². The summed E-state index contributed by atoms with van der Waals surface area (Å²) in [6.07, 6.45) is 2.19. The van der Waals surface area contributed by atoms with Crippen molar-refractivity contribution in [3.63, 3.8) is 0 Å². The molecule has 28 heavy (non-hydrogen) atoms. The van der Waals surface area contributed by atoms with Crippen LogP contribution in [-0.4, -0.2) is 50.8 Å².